The Morgan fingerprint density at radius 1 is 1.20 bits per heavy atom. The summed E-state index contributed by atoms with van der Waals surface area (Å²) in [5, 5.41) is 11.4. The second-order valence-electron chi connectivity index (χ2n) is 5.91. The monoisotopic (exact) mass is 341 g/mol. The first-order valence-corrected chi connectivity index (χ1v) is 8.00. The van der Waals surface area contributed by atoms with Crippen LogP contribution < -0.4 is 10.6 Å². The molecule has 1 aliphatic rings. The highest BCUT2D eigenvalue weighted by Crippen LogP contribution is 2.30. The van der Waals surface area contributed by atoms with E-state index in [-0.39, 0.29) is 11.3 Å². The van der Waals surface area contributed by atoms with Gasteiger partial charge in [0.2, 0.25) is 5.91 Å². The molecule has 1 amide bonds. The van der Waals surface area contributed by atoms with Crippen molar-refractivity contribution >= 4 is 17.3 Å². The number of piperazine rings is 1. The van der Waals surface area contributed by atoms with Crippen LogP contribution in [0.3, 0.4) is 0 Å². The number of hydrogen-bond acceptors (Lipinski definition) is 6. The van der Waals surface area contributed by atoms with Crippen LogP contribution in [0.1, 0.15) is 16.1 Å². The van der Waals surface area contributed by atoms with Crippen LogP contribution in [0, 0.1) is 10.1 Å². The number of hydrogen-bond donors (Lipinski definition) is 1. The van der Waals surface area contributed by atoms with Gasteiger partial charge in [0.05, 0.1) is 10.6 Å². The van der Waals surface area contributed by atoms with Gasteiger partial charge in [0.1, 0.15) is 5.69 Å². The molecule has 8 nitrogen and oxygen atoms in total. The molecule has 0 radical (unpaired) electrons. The van der Waals surface area contributed by atoms with Gasteiger partial charge in [0.15, 0.2) is 0 Å². The molecule has 1 aromatic carbocycles. The standard InChI is InChI=1S/C17H19N5O3/c18-17(23)13-4-5-15(16(11-13)22(24)25)21-9-7-20(8-10-21)12-14-3-1-2-6-19-14/h1-6,11H,7-10,12H2,(H2,18,23). The van der Waals surface area contributed by atoms with E-state index < -0.39 is 10.8 Å². The molecule has 1 aromatic heterocycles. The van der Waals surface area contributed by atoms with Crippen molar-refractivity contribution in [1.29, 1.82) is 0 Å². The lowest BCUT2D eigenvalue weighted by atomic mass is 10.1. The third kappa shape index (κ3) is 3.92. The second-order valence-corrected chi connectivity index (χ2v) is 5.91. The van der Waals surface area contributed by atoms with E-state index in [1.165, 1.54) is 12.1 Å². The number of primary amides is 1. The first-order valence-electron chi connectivity index (χ1n) is 8.00. The molecule has 1 fully saturated rings. The van der Waals surface area contributed by atoms with Crippen LogP contribution >= 0.6 is 0 Å². The summed E-state index contributed by atoms with van der Waals surface area (Å²) >= 11 is 0. The van der Waals surface area contributed by atoms with Gasteiger partial charge in [-0.3, -0.25) is 24.8 Å². The first-order chi connectivity index (χ1) is 12.0. The van der Waals surface area contributed by atoms with E-state index in [0.29, 0.717) is 18.8 Å². The molecule has 1 aliphatic heterocycles. The predicted octanol–water partition coefficient (Wildman–Crippen LogP) is 1.41. The number of pyridine rings is 1. The first kappa shape index (κ1) is 16.8. The number of amides is 1. The fraction of sp³-hybridized carbons (Fsp3) is 0.294. The van der Waals surface area contributed by atoms with Crippen molar-refractivity contribution < 1.29 is 9.72 Å². The minimum atomic E-state index is -0.671. The fourth-order valence-electron chi connectivity index (χ4n) is 2.96. The maximum atomic E-state index is 11.4. The van der Waals surface area contributed by atoms with Gasteiger partial charge in [0.25, 0.3) is 5.69 Å². The van der Waals surface area contributed by atoms with E-state index in [2.05, 4.69) is 9.88 Å². The SMILES string of the molecule is NC(=O)c1ccc(N2CCN(Cc3ccccn3)CC2)c([N+](=O)[O-])c1. The summed E-state index contributed by atoms with van der Waals surface area (Å²) in [4.78, 5) is 30.7. The number of nitro groups is 1. The number of benzene rings is 1. The zero-order valence-electron chi connectivity index (χ0n) is 13.7. The second kappa shape index (κ2) is 7.27. The zero-order chi connectivity index (χ0) is 17.8. The number of nitro benzene ring substituents is 1. The highest BCUT2D eigenvalue weighted by Gasteiger charge is 2.24. The lowest BCUT2D eigenvalue weighted by Crippen LogP contribution is -2.46. The maximum Gasteiger partial charge on any atom is 0.293 e. The van der Waals surface area contributed by atoms with Crippen LogP contribution in [0.4, 0.5) is 11.4 Å². The lowest BCUT2D eigenvalue weighted by molar-refractivity contribution is -0.384. The van der Waals surface area contributed by atoms with Crippen molar-refractivity contribution in [1.82, 2.24) is 9.88 Å². The highest BCUT2D eigenvalue weighted by molar-refractivity contribution is 5.94. The molecule has 3 rings (SSSR count). The summed E-state index contributed by atoms with van der Waals surface area (Å²) < 4.78 is 0. The van der Waals surface area contributed by atoms with Gasteiger partial charge in [0, 0.05) is 50.6 Å². The van der Waals surface area contributed by atoms with E-state index in [9.17, 15) is 14.9 Å². The average molecular weight is 341 g/mol. The van der Waals surface area contributed by atoms with Crippen LogP contribution in [-0.2, 0) is 6.54 Å². The van der Waals surface area contributed by atoms with E-state index in [4.69, 9.17) is 5.73 Å². The third-order valence-electron chi connectivity index (χ3n) is 4.28. The average Bonchev–Trinajstić information content (AvgIpc) is 2.62. The van der Waals surface area contributed by atoms with Crippen molar-refractivity contribution in [3.63, 3.8) is 0 Å². The van der Waals surface area contributed by atoms with Crippen molar-refractivity contribution in [2.45, 2.75) is 6.54 Å². The van der Waals surface area contributed by atoms with Crippen LogP contribution in [0.5, 0.6) is 0 Å². The molecule has 2 aromatic rings. The van der Waals surface area contributed by atoms with Gasteiger partial charge >= 0.3 is 0 Å². The molecular formula is C17H19N5O3. The summed E-state index contributed by atoms with van der Waals surface area (Å²) in [6.45, 7) is 3.67. The fourth-order valence-corrected chi connectivity index (χ4v) is 2.96. The van der Waals surface area contributed by atoms with Gasteiger partial charge in [-0.25, -0.2) is 0 Å². The molecule has 0 atom stereocenters. The Kier molecular flexibility index (Phi) is 4.90. The van der Waals surface area contributed by atoms with Crippen molar-refractivity contribution in [3.05, 3.63) is 64.0 Å². The van der Waals surface area contributed by atoms with Gasteiger partial charge in [-0.15, -0.1) is 0 Å². The maximum absolute atomic E-state index is 11.4. The number of carbonyl (C=O) groups is 1. The van der Waals surface area contributed by atoms with Crippen LogP contribution in [0.15, 0.2) is 42.6 Å². The summed E-state index contributed by atoms with van der Waals surface area (Å²) in [7, 11) is 0. The van der Waals surface area contributed by atoms with Crippen LogP contribution in [0.2, 0.25) is 0 Å². The molecule has 1 saturated heterocycles. The molecule has 0 saturated carbocycles. The summed E-state index contributed by atoms with van der Waals surface area (Å²) in [6, 6.07) is 10.2. The molecule has 25 heavy (non-hydrogen) atoms. The summed E-state index contributed by atoms with van der Waals surface area (Å²) in [5.41, 5.74) is 6.80. The molecule has 0 aliphatic carbocycles. The Hall–Kier alpha value is -3.00. The molecule has 2 heterocycles. The molecule has 130 valence electrons. The van der Waals surface area contributed by atoms with Crippen LogP contribution in [0.25, 0.3) is 0 Å². The normalized spacial score (nSPS) is 15.1. The molecule has 0 bridgehead atoms. The van der Waals surface area contributed by atoms with E-state index in [0.717, 1.165) is 25.3 Å². The Morgan fingerprint density at radius 2 is 1.96 bits per heavy atom. The number of nitrogens with two attached hydrogens (primary N) is 1. The number of rotatable bonds is 5. The third-order valence-corrected chi connectivity index (χ3v) is 4.28. The van der Waals surface area contributed by atoms with Gasteiger partial charge in [-0.1, -0.05) is 6.07 Å². The molecule has 2 N–H and O–H groups in total. The number of aromatic nitrogens is 1. The van der Waals surface area contributed by atoms with Gasteiger partial charge < -0.3 is 10.6 Å². The largest absolute Gasteiger partial charge is 0.366 e. The van der Waals surface area contributed by atoms with E-state index in [1.54, 1.807) is 12.3 Å². The van der Waals surface area contributed by atoms with Crippen molar-refractivity contribution in [2.75, 3.05) is 31.1 Å². The van der Waals surface area contributed by atoms with Crippen molar-refractivity contribution in [2.24, 2.45) is 5.73 Å². The highest BCUT2D eigenvalue weighted by atomic mass is 16.6. The zero-order valence-corrected chi connectivity index (χ0v) is 13.7. The minimum absolute atomic E-state index is 0.0884. The van der Waals surface area contributed by atoms with Gasteiger partial charge in [-0.05, 0) is 24.3 Å². The Balaban J connectivity index is 1.70. The predicted molar refractivity (Wildman–Crippen MR) is 93.3 cm³/mol. The van der Waals surface area contributed by atoms with Crippen LogP contribution in [-0.4, -0.2) is 46.9 Å². The number of nitrogens with zero attached hydrogens (tertiary/aromatic N) is 4. The quantitative estimate of drug-likeness (QED) is 0.651. The molecular weight excluding hydrogens is 322 g/mol. The topological polar surface area (TPSA) is 106 Å². The van der Waals surface area contributed by atoms with E-state index >= 15 is 0 Å². The summed E-state index contributed by atoms with van der Waals surface area (Å²) in [5.74, 6) is -0.671. The number of carbonyl (C=O) groups excluding carboxylic acids is 1. The smallest absolute Gasteiger partial charge is 0.293 e. The summed E-state index contributed by atoms with van der Waals surface area (Å²) in [6.07, 6.45) is 1.77. The Bertz CT molecular complexity index is 773. The molecule has 8 heteroatoms. The minimum Gasteiger partial charge on any atom is -0.366 e. The van der Waals surface area contributed by atoms with E-state index in [1.807, 2.05) is 23.1 Å². The molecule has 0 spiro atoms. The Labute approximate surface area is 145 Å². The number of anilines is 1. The Morgan fingerprint density at radius 3 is 2.56 bits per heavy atom. The van der Waals surface area contributed by atoms with Gasteiger partial charge in [-0.2, -0.15) is 0 Å². The lowest BCUT2D eigenvalue weighted by Gasteiger charge is -2.35. The molecule has 0 unspecified atom stereocenters. The van der Waals surface area contributed by atoms with Crippen molar-refractivity contribution in [3.8, 4) is 0 Å².